The molecule has 0 unspecified atom stereocenters. The van der Waals surface area contributed by atoms with Gasteiger partial charge in [-0.1, -0.05) is 59.8 Å². The van der Waals surface area contributed by atoms with Gasteiger partial charge >= 0.3 is 0 Å². The fraction of sp³-hybridized carbons (Fsp3) is 0.273. The summed E-state index contributed by atoms with van der Waals surface area (Å²) in [4.78, 5) is 24.5. The number of rotatable bonds is 8. The normalized spacial score (nSPS) is 11.7. The minimum atomic E-state index is -0.165. The summed E-state index contributed by atoms with van der Waals surface area (Å²) >= 11 is 1.31. The third kappa shape index (κ3) is 5.70. The van der Waals surface area contributed by atoms with Gasteiger partial charge < -0.3 is 15.2 Å². The van der Waals surface area contributed by atoms with Crippen molar-refractivity contribution in [3.63, 3.8) is 0 Å². The highest BCUT2D eigenvalue weighted by Crippen LogP contribution is 2.17. The second-order valence-corrected chi connectivity index (χ2v) is 7.94. The van der Waals surface area contributed by atoms with Crippen molar-refractivity contribution in [3.8, 4) is 0 Å². The van der Waals surface area contributed by atoms with Gasteiger partial charge in [0.25, 0.3) is 5.91 Å². The lowest BCUT2D eigenvalue weighted by molar-refractivity contribution is -0.119. The van der Waals surface area contributed by atoms with Gasteiger partial charge in [-0.05, 0) is 31.5 Å². The number of amides is 2. The summed E-state index contributed by atoms with van der Waals surface area (Å²) < 4.78 is 1.79. The molecule has 0 radical (unpaired) electrons. The summed E-state index contributed by atoms with van der Waals surface area (Å²) in [6.45, 7) is 4.19. The van der Waals surface area contributed by atoms with E-state index in [0.717, 1.165) is 11.1 Å². The molecule has 1 aromatic heterocycles. The first-order valence-corrected chi connectivity index (χ1v) is 10.6. The quantitative estimate of drug-likeness (QED) is 0.544. The van der Waals surface area contributed by atoms with Crippen LogP contribution in [0.5, 0.6) is 0 Å². The highest BCUT2D eigenvalue weighted by Gasteiger charge is 2.14. The number of aryl methyl sites for hydroxylation is 1. The van der Waals surface area contributed by atoms with Crippen LogP contribution in [0.15, 0.2) is 59.8 Å². The molecule has 2 aromatic carbocycles. The summed E-state index contributed by atoms with van der Waals surface area (Å²) in [6.07, 6.45) is 0. The zero-order chi connectivity index (χ0) is 21.5. The molecule has 156 valence electrons. The van der Waals surface area contributed by atoms with E-state index in [1.54, 1.807) is 16.7 Å². The molecule has 1 atom stereocenters. The molecular formula is C22H25N5O2S. The number of thioether (sulfide) groups is 1. The summed E-state index contributed by atoms with van der Waals surface area (Å²) in [7, 11) is 1.82. The van der Waals surface area contributed by atoms with E-state index in [1.165, 1.54) is 11.8 Å². The predicted molar refractivity (Wildman–Crippen MR) is 117 cm³/mol. The maximum absolute atomic E-state index is 12.3. The van der Waals surface area contributed by atoms with Crippen molar-refractivity contribution in [2.45, 2.75) is 31.6 Å². The Balaban J connectivity index is 1.49. The molecule has 0 saturated carbocycles. The molecule has 0 bridgehead atoms. The molecule has 2 N–H and O–H groups in total. The maximum Gasteiger partial charge on any atom is 0.251 e. The average molecular weight is 424 g/mol. The van der Waals surface area contributed by atoms with Crippen LogP contribution in [0.25, 0.3) is 0 Å². The van der Waals surface area contributed by atoms with E-state index >= 15 is 0 Å². The van der Waals surface area contributed by atoms with E-state index < -0.39 is 0 Å². The van der Waals surface area contributed by atoms with Crippen molar-refractivity contribution >= 4 is 23.6 Å². The Morgan fingerprint density at radius 3 is 2.47 bits per heavy atom. The Morgan fingerprint density at radius 2 is 1.77 bits per heavy atom. The lowest BCUT2D eigenvalue weighted by atomic mass is 10.1. The van der Waals surface area contributed by atoms with Gasteiger partial charge in [-0.2, -0.15) is 0 Å². The number of benzene rings is 2. The van der Waals surface area contributed by atoms with Crippen LogP contribution in [0, 0.1) is 6.92 Å². The van der Waals surface area contributed by atoms with Crippen LogP contribution in [0.2, 0.25) is 0 Å². The highest BCUT2D eigenvalue weighted by atomic mass is 32.2. The van der Waals surface area contributed by atoms with E-state index in [1.807, 2.05) is 63.4 Å². The minimum Gasteiger partial charge on any atom is -0.349 e. The summed E-state index contributed by atoms with van der Waals surface area (Å²) in [5, 5.41) is 14.7. The first-order chi connectivity index (χ1) is 14.4. The van der Waals surface area contributed by atoms with Crippen LogP contribution >= 0.6 is 11.8 Å². The van der Waals surface area contributed by atoms with E-state index in [4.69, 9.17) is 0 Å². The van der Waals surface area contributed by atoms with Crippen LogP contribution < -0.4 is 10.6 Å². The smallest absolute Gasteiger partial charge is 0.251 e. The van der Waals surface area contributed by atoms with Crippen LogP contribution in [0.1, 0.15) is 40.3 Å². The number of carbonyl (C=O) groups is 2. The van der Waals surface area contributed by atoms with E-state index in [9.17, 15) is 9.59 Å². The Kier molecular flexibility index (Phi) is 7.24. The molecule has 0 saturated heterocycles. The van der Waals surface area contributed by atoms with Crippen molar-refractivity contribution in [2.24, 2.45) is 7.05 Å². The summed E-state index contributed by atoms with van der Waals surface area (Å²) in [5.41, 5.74) is 2.76. The van der Waals surface area contributed by atoms with Gasteiger partial charge in [0.15, 0.2) is 11.0 Å². The number of aromatic nitrogens is 3. The second-order valence-electron chi connectivity index (χ2n) is 7.00. The molecule has 0 aliphatic heterocycles. The van der Waals surface area contributed by atoms with Gasteiger partial charge in [0, 0.05) is 12.6 Å². The molecule has 30 heavy (non-hydrogen) atoms. The Morgan fingerprint density at radius 1 is 1.07 bits per heavy atom. The molecule has 0 aliphatic carbocycles. The van der Waals surface area contributed by atoms with E-state index in [2.05, 4.69) is 20.8 Å². The number of carbonyl (C=O) groups excluding carboxylic acids is 2. The van der Waals surface area contributed by atoms with Crippen molar-refractivity contribution < 1.29 is 9.59 Å². The standard InChI is InChI=1S/C22H25N5O2S/c1-15-9-11-18(12-10-15)21(29)23-13-19-25-26-22(27(19)3)30-14-20(28)24-16(2)17-7-5-4-6-8-17/h4-12,16H,13-14H2,1-3H3,(H,23,29)(H,24,28)/t16-/m0/s1. The molecule has 0 fully saturated rings. The third-order valence-electron chi connectivity index (χ3n) is 4.66. The number of hydrogen-bond donors (Lipinski definition) is 2. The molecule has 0 spiro atoms. The monoisotopic (exact) mass is 423 g/mol. The molecule has 1 heterocycles. The molecule has 3 rings (SSSR count). The Hall–Kier alpha value is -3.13. The van der Waals surface area contributed by atoms with Crippen LogP contribution in [-0.4, -0.2) is 32.3 Å². The van der Waals surface area contributed by atoms with Crippen LogP contribution in [0.4, 0.5) is 0 Å². The molecule has 8 heteroatoms. The van der Waals surface area contributed by atoms with E-state index in [-0.39, 0.29) is 30.2 Å². The summed E-state index contributed by atoms with van der Waals surface area (Å²) in [5.74, 6) is 0.616. The van der Waals surface area contributed by atoms with Gasteiger partial charge in [-0.3, -0.25) is 9.59 Å². The molecule has 7 nitrogen and oxygen atoms in total. The number of nitrogens with one attached hydrogen (secondary N) is 2. The van der Waals surface area contributed by atoms with Gasteiger partial charge in [0.1, 0.15) is 0 Å². The van der Waals surface area contributed by atoms with Crippen molar-refractivity contribution in [2.75, 3.05) is 5.75 Å². The van der Waals surface area contributed by atoms with Crippen molar-refractivity contribution in [3.05, 3.63) is 77.1 Å². The van der Waals surface area contributed by atoms with E-state index in [0.29, 0.717) is 16.5 Å². The highest BCUT2D eigenvalue weighted by molar-refractivity contribution is 7.99. The third-order valence-corrected chi connectivity index (χ3v) is 5.68. The van der Waals surface area contributed by atoms with Gasteiger partial charge in [-0.25, -0.2) is 0 Å². The molecule has 3 aromatic rings. The summed E-state index contributed by atoms with van der Waals surface area (Å²) in [6, 6.07) is 17.1. The maximum atomic E-state index is 12.3. The molecular weight excluding hydrogens is 398 g/mol. The van der Waals surface area contributed by atoms with Crippen molar-refractivity contribution in [1.29, 1.82) is 0 Å². The van der Waals surface area contributed by atoms with Gasteiger partial charge in [-0.15, -0.1) is 10.2 Å². The topological polar surface area (TPSA) is 88.9 Å². The van der Waals surface area contributed by atoms with Crippen LogP contribution in [-0.2, 0) is 18.4 Å². The molecule has 2 amide bonds. The largest absolute Gasteiger partial charge is 0.349 e. The van der Waals surface area contributed by atoms with Crippen molar-refractivity contribution in [1.82, 2.24) is 25.4 Å². The van der Waals surface area contributed by atoms with Gasteiger partial charge in [0.2, 0.25) is 5.91 Å². The Labute approximate surface area is 180 Å². The lowest BCUT2D eigenvalue weighted by Crippen LogP contribution is -2.28. The average Bonchev–Trinajstić information content (AvgIpc) is 3.11. The Bertz CT molecular complexity index is 1000. The fourth-order valence-electron chi connectivity index (χ4n) is 2.83. The predicted octanol–water partition coefficient (Wildman–Crippen LogP) is 3.02. The second kappa shape index (κ2) is 10.1. The number of nitrogens with zero attached hydrogens (tertiary/aromatic N) is 3. The SMILES string of the molecule is Cc1ccc(C(=O)NCc2nnc(SCC(=O)N[C@@H](C)c3ccccc3)n2C)cc1. The fourth-order valence-corrected chi connectivity index (χ4v) is 3.57. The zero-order valence-corrected chi connectivity index (χ0v) is 18.1. The first kappa shape index (κ1) is 21.6. The minimum absolute atomic E-state index is 0.0636. The zero-order valence-electron chi connectivity index (χ0n) is 17.3. The van der Waals surface area contributed by atoms with Crippen LogP contribution in [0.3, 0.4) is 0 Å². The lowest BCUT2D eigenvalue weighted by Gasteiger charge is -2.14. The number of hydrogen-bond acceptors (Lipinski definition) is 5. The van der Waals surface area contributed by atoms with Gasteiger partial charge in [0.05, 0.1) is 18.3 Å². The molecule has 0 aliphatic rings. The first-order valence-electron chi connectivity index (χ1n) is 9.64.